The standard InChI is InChI=1S/C20H14BrN3O/c1-3-6-15-19(22-2)18(24-20(21)23-15)12-9-10-17-14(11-12)13-7-4-5-8-16(13)25-17/h3-11H,2H2,1H3/b6-3-. The molecule has 4 nitrogen and oxygen atoms in total. The second kappa shape index (κ2) is 6.26. The summed E-state index contributed by atoms with van der Waals surface area (Å²) in [6.07, 6.45) is 3.81. The third-order valence-electron chi connectivity index (χ3n) is 4.02. The molecule has 0 amide bonds. The number of aliphatic imine (C=N–C) groups is 1. The van der Waals surface area contributed by atoms with Gasteiger partial charge in [-0.25, -0.2) is 9.97 Å². The lowest BCUT2D eigenvalue weighted by atomic mass is 10.0. The minimum Gasteiger partial charge on any atom is -0.456 e. The van der Waals surface area contributed by atoms with Crippen molar-refractivity contribution in [3.8, 4) is 11.3 Å². The third-order valence-corrected chi connectivity index (χ3v) is 4.37. The number of halogens is 1. The molecule has 0 fully saturated rings. The summed E-state index contributed by atoms with van der Waals surface area (Å²) in [6.45, 7) is 5.63. The number of rotatable bonds is 3. The highest BCUT2D eigenvalue weighted by Crippen LogP contribution is 2.36. The zero-order chi connectivity index (χ0) is 17.4. The molecule has 0 spiro atoms. The monoisotopic (exact) mass is 391 g/mol. The first-order chi connectivity index (χ1) is 12.2. The number of allylic oxidation sites excluding steroid dienone is 1. The first-order valence-electron chi connectivity index (χ1n) is 7.80. The Morgan fingerprint density at radius 2 is 1.88 bits per heavy atom. The van der Waals surface area contributed by atoms with E-state index in [0.29, 0.717) is 10.4 Å². The van der Waals surface area contributed by atoms with Gasteiger partial charge in [0.05, 0.1) is 5.69 Å². The molecule has 0 N–H and O–H groups in total. The van der Waals surface area contributed by atoms with Gasteiger partial charge in [-0.05, 0) is 59.9 Å². The molecular weight excluding hydrogens is 378 g/mol. The van der Waals surface area contributed by atoms with Gasteiger partial charge in [-0.2, -0.15) is 0 Å². The smallest absolute Gasteiger partial charge is 0.197 e. The van der Waals surface area contributed by atoms with Gasteiger partial charge < -0.3 is 4.42 Å². The van der Waals surface area contributed by atoms with Crippen LogP contribution in [0, 0.1) is 0 Å². The molecule has 0 saturated heterocycles. The normalized spacial score (nSPS) is 11.6. The summed E-state index contributed by atoms with van der Waals surface area (Å²) >= 11 is 3.39. The van der Waals surface area contributed by atoms with Crippen LogP contribution >= 0.6 is 15.9 Å². The molecule has 0 radical (unpaired) electrons. The van der Waals surface area contributed by atoms with Crippen molar-refractivity contribution in [2.24, 2.45) is 4.99 Å². The Kier molecular flexibility index (Phi) is 3.93. The van der Waals surface area contributed by atoms with Gasteiger partial charge in [-0.3, -0.25) is 4.99 Å². The number of furan rings is 1. The van der Waals surface area contributed by atoms with Gasteiger partial charge in [0.2, 0.25) is 0 Å². The lowest BCUT2D eigenvalue weighted by Crippen LogP contribution is -1.93. The summed E-state index contributed by atoms with van der Waals surface area (Å²) in [7, 11) is 0. The number of aromatic nitrogens is 2. The van der Waals surface area contributed by atoms with E-state index in [-0.39, 0.29) is 0 Å². The third kappa shape index (κ3) is 2.66. The maximum atomic E-state index is 5.90. The van der Waals surface area contributed by atoms with E-state index in [2.05, 4.69) is 49.7 Å². The Balaban J connectivity index is 2.01. The molecule has 0 unspecified atom stereocenters. The minimum absolute atomic E-state index is 0.514. The van der Waals surface area contributed by atoms with E-state index in [1.54, 1.807) is 0 Å². The van der Waals surface area contributed by atoms with Gasteiger partial charge in [0.25, 0.3) is 0 Å². The number of hydrogen-bond donors (Lipinski definition) is 0. The molecule has 2 aromatic carbocycles. The summed E-state index contributed by atoms with van der Waals surface area (Å²) in [6, 6.07) is 14.0. The fourth-order valence-electron chi connectivity index (χ4n) is 2.95. The predicted molar refractivity (Wildman–Crippen MR) is 106 cm³/mol. The maximum Gasteiger partial charge on any atom is 0.197 e. The fraction of sp³-hybridized carbons (Fsp3) is 0.0500. The number of para-hydroxylation sites is 1. The quantitative estimate of drug-likeness (QED) is 0.309. The summed E-state index contributed by atoms with van der Waals surface area (Å²) < 4.78 is 6.41. The number of nitrogens with zero attached hydrogens (tertiary/aromatic N) is 3. The molecule has 0 atom stereocenters. The average Bonchev–Trinajstić information content (AvgIpc) is 2.99. The van der Waals surface area contributed by atoms with E-state index in [1.807, 2.05) is 49.4 Å². The van der Waals surface area contributed by atoms with Crippen LogP contribution in [0.25, 0.3) is 39.3 Å². The molecule has 4 rings (SSSR count). The van der Waals surface area contributed by atoms with Crippen molar-refractivity contribution in [3.63, 3.8) is 0 Å². The molecule has 0 saturated carbocycles. The first kappa shape index (κ1) is 15.7. The number of fused-ring (bicyclic) bond motifs is 3. The van der Waals surface area contributed by atoms with Crippen molar-refractivity contribution < 1.29 is 4.42 Å². The topological polar surface area (TPSA) is 51.3 Å². The van der Waals surface area contributed by atoms with Crippen LogP contribution in [0.1, 0.15) is 12.6 Å². The molecule has 0 aliphatic carbocycles. The largest absolute Gasteiger partial charge is 0.456 e. The lowest BCUT2D eigenvalue weighted by molar-refractivity contribution is 0.669. The average molecular weight is 392 g/mol. The molecule has 122 valence electrons. The first-order valence-corrected chi connectivity index (χ1v) is 8.59. The van der Waals surface area contributed by atoms with Crippen LogP contribution in [0.4, 0.5) is 5.69 Å². The summed E-state index contributed by atoms with van der Waals surface area (Å²) in [5, 5.41) is 2.12. The molecule has 5 heteroatoms. The van der Waals surface area contributed by atoms with E-state index in [0.717, 1.165) is 38.9 Å². The fourth-order valence-corrected chi connectivity index (χ4v) is 3.32. The molecule has 4 aromatic rings. The number of benzene rings is 2. The second-order valence-corrected chi connectivity index (χ2v) is 6.25. The maximum absolute atomic E-state index is 5.90. The zero-order valence-corrected chi connectivity index (χ0v) is 15.1. The Morgan fingerprint density at radius 1 is 1.08 bits per heavy atom. The van der Waals surface area contributed by atoms with Gasteiger partial charge in [0.15, 0.2) is 4.73 Å². The van der Waals surface area contributed by atoms with Crippen LogP contribution in [0.3, 0.4) is 0 Å². The van der Waals surface area contributed by atoms with Crippen molar-refractivity contribution in [1.82, 2.24) is 9.97 Å². The highest BCUT2D eigenvalue weighted by atomic mass is 79.9. The van der Waals surface area contributed by atoms with Crippen LogP contribution in [0.5, 0.6) is 0 Å². The van der Waals surface area contributed by atoms with E-state index in [4.69, 9.17) is 4.42 Å². The summed E-state index contributed by atoms with van der Waals surface area (Å²) in [5.74, 6) is 0. The highest BCUT2D eigenvalue weighted by molar-refractivity contribution is 9.10. The van der Waals surface area contributed by atoms with E-state index in [9.17, 15) is 0 Å². The Morgan fingerprint density at radius 3 is 2.68 bits per heavy atom. The molecule has 0 aliphatic heterocycles. The van der Waals surface area contributed by atoms with E-state index in [1.165, 1.54) is 0 Å². The van der Waals surface area contributed by atoms with Gasteiger partial charge in [-0.15, -0.1) is 0 Å². The zero-order valence-electron chi connectivity index (χ0n) is 13.5. The predicted octanol–water partition coefficient (Wildman–Crippen LogP) is 6.17. The van der Waals surface area contributed by atoms with Crippen LogP contribution in [-0.4, -0.2) is 16.7 Å². The minimum atomic E-state index is 0.514. The summed E-state index contributed by atoms with van der Waals surface area (Å²) in [4.78, 5) is 13.1. The SMILES string of the molecule is C=Nc1c(/C=C\C)nc(Br)nc1-c1ccc2oc3ccccc3c2c1. The molecule has 2 heterocycles. The molecular formula is C20H14BrN3O. The second-order valence-electron chi connectivity index (χ2n) is 5.54. The molecule has 0 aliphatic rings. The molecule has 0 bridgehead atoms. The van der Waals surface area contributed by atoms with Crippen LogP contribution in [0.15, 0.2) is 62.7 Å². The van der Waals surface area contributed by atoms with Crippen LogP contribution < -0.4 is 0 Å². The van der Waals surface area contributed by atoms with E-state index < -0.39 is 0 Å². The van der Waals surface area contributed by atoms with Crippen molar-refractivity contribution >= 4 is 56.3 Å². The van der Waals surface area contributed by atoms with Gasteiger partial charge in [0, 0.05) is 16.3 Å². The Hall–Kier alpha value is -2.79. The molecule has 2 aromatic heterocycles. The van der Waals surface area contributed by atoms with Gasteiger partial charge >= 0.3 is 0 Å². The highest BCUT2D eigenvalue weighted by Gasteiger charge is 2.15. The number of hydrogen-bond acceptors (Lipinski definition) is 4. The Bertz CT molecular complexity index is 1140. The van der Waals surface area contributed by atoms with E-state index >= 15 is 0 Å². The Labute approximate surface area is 153 Å². The van der Waals surface area contributed by atoms with Gasteiger partial charge in [0.1, 0.15) is 22.5 Å². The molecule has 25 heavy (non-hydrogen) atoms. The lowest BCUT2D eigenvalue weighted by Gasteiger charge is -2.08. The van der Waals surface area contributed by atoms with Crippen molar-refractivity contribution in [1.29, 1.82) is 0 Å². The van der Waals surface area contributed by atoms with Crippen molar-refractivity contribution in [2.75, 3.05) is 0 Å². The van der Waals surface area contributed by atoms with Gasteiger partial charge in [-0.1, -0.05) is 24.3 Å². The van der Waals surface area contributed by atoms with Crippen LogP contribution in [-0.2, 0) is 0 Å². The van der Waals surface area contributed by atoms with Crippen molar-refractivity contribution in [2.45, 2.75) is 6.92 Å². The van der Waals surface area contributed by atoms with Crippen LogP contribution in [0.2, 0.25) is 0 Å². The summed E-state index contributed by atoms with van der Waals surface area (Å²) in [5.41, 5.74) is 4.78. The van der Waals surface area contributed by atoms with Crippen molar-refractivity contribution in [3.05, 3.63) is 59.0 Å².